The molecule has 3 aromatic carbocycles. The number of carboxylic acids is 1. The van der Waals surface area contributed by atoms with E-state index in [-0.39, 0.29) is 19.6 Å². The van der Waals surface area contributed by atoms with Crippen LogP contribution in [0.3, 0.4) is 0 Å². The third-order valence-corrected chi connectivity index (χ3v) is 5.44. The second-order valence-corrected chi connectivity index (χ2v) is 8.78. The van der Waals surface area contributed by atoms with Crippen molar-refractivity contribution in [2.45, 2.75) is 12.8 Å². The largest absolute Gasteiger partial charge is 1.00 e. The molecule has 1 aliphatic heterocycles. The minimum atomic E-state index is -0.786. The number of aromatic amines is 1. The van der Waals surface area contributed by atoms with Crippen LogP contribution in [0.15, 0.2) is 81.7 Å². The van der Waals surface area contributed by atoms with E-state index in [1.54, 1.807) is 18.2 Å². The third-order valence-electron chi connectivity index (χ3n) is 4.45. The van der Waals surface area contributed by atoms with Crippen LogP contribution < -0.4 is 10.4 Å². The molecule has 0 fully saturated rings. The molecule has 0 bridgehead atoms. The summed E-state index contributed by atoms with van der Waals surface area (Å²) in [6.07, 6.45) is 0.621. The number of aromatic nitrogens is 1. The van der Waals surface area contributed by atoms with Crippen molar-refractivity contribution < 1.29 is 21.2 Å². The zero-order valence-corrected chi connectivity index (χ0v) is 19.9. The van der Waals surface area contributed by atoms with Crippen molar-refractivity contribution in [1.82, 2.24) is 4.98 Å². The van der Waals surface area contributed by atoms with Gasteiger partial charge in [-0.25, -0.2) is 0 Å². The maximum absolute atomic E-state index is 10.9. The Bertz CT molecular complexity index is 1250. The molecule has 2 heterocycles. The fourth-order valence-corrected chi connectivity index (χ4v) is 3.83. The number of amides is 1. The molecule has 0 saturated carbocycles. The molecule has 0 spiro atoms. The fourth-order valence-electron chi connectivity index (χ4n) is 3.05. The predicted octanol–water partition coefficient (Wildman–Crippen LogP) is 5.37. The van der Waals surface area contributed by atoms with Gasteiger partial charge in [0.15, 0.2) is 0 Å². The number of hydrogen-bond donors (Lipinski definition) is 3. The zero-order valence-electron chi connectivity index (χ0n) is 17.8. The van der Waals surface area contributed by atoms with Crippen LogP contribution in [0.2, 0.25) is 0 Å². The molecule has 4 aromatic rings. The highest BCUT2D eigenvalue weighted by Gasteiger charge is 2.16. The molecule has 0 atom stereocenters. The van der Waals surface area contributed by atoms with Gasteiger partial charge in [0.25, 0.3) is 0 Å². The summed E-state index contributed by atoms with van der Waals surface area (Å²) in [5, 5.41) is 22.9. The summed E-state index contributed by atoms with van der Waals surface area (Å²) < 4.78 is 2.01. The van der Waals surface area contributed by atoms with Crippen LogP contribution in [-0.2, 0) is 22.4 Å². The number of H-pyrrole nitrogens is 1. The highest BCUT2D eigenvalue weighted by Crippen LogP contribution is 2.25. The van der Waals surface area contributed by atoms with Crippen LogP contribution >= 0.6 is 31.9 Å². The first-order valence-corrected chi connectivity index (χ1v) is 11.2. The van der Waals surface area contributed by atoms with E-state index < -0.39 is 5.97 Å². The molecular formula is C24H20Br2N2O4. The van der Waals surface area contributed by atoms with E-state index in [0.29, 0.717) is 6.42 Å². The Balaban J connectivity index is 0.000000173. The normalized spacial score (nSPS) is 11.5. The van der Waals surface area contributed by atoms with Gasteiger partial charge in [0.05, 0.1) is 12.8 Å². The highest BCUT2D eigenvalue weighted by molar-refractivity contribution is 9.10. The maximum Gasteiger partial charge on any atom is 1.00 e. The Morgan fingerprint density at radius 2 is 1.69 bits per heavy atom. The predicted molar refractivity (Wildman–Crippen MR) is 131 cm³/mol. The Morgan fingerprint density at radius 3 is 2.41 bits per heavy atom. The Kier molecular flexibility index (Phi) is 8.08. The van der Waals surface area contributed by atoms with Gasteiger partial charge in [-0.3, -0.25) is 9.59 Å². The molecule has 0 aliphatic carbocycles. The lowest BCUT2D eigenvalue weighted by Crippen LogP contribution is -2.03. The molecule has 1 aliphatic rings. The van der Waals surface area contributed by atoms with Crippen molar-refractivity contribution >= 4 is 60.3 Å². The Morgan fingerprint density at radius 1 is 1.00 bits per heavy atom. The van der Waals surface area contributed by atoms with Crippen molar-refractivity contribution in [2.24, 2.45) is 0 Å². The number of fused-ring (bicyclic) bond motifs is 2. The Hall–Kier alpha value is -3.10. The van der Waals surface area contributed by atoms with Crippen LogP contribution in [0.25, 0.3) is 10.9 Å². The number of rotatable bonds is 2. The van der Waals surface area contributed by atoms with Crippen LogP contribution in [-0.4, -0.2) is 22.0 Å². The molecule has 3 N–H and O–H groups in total. The van der Waals surface area contributed by atoms with Crippen molar-refractivity contribution in [2.75, 3.05) is 5.32 Å². The van der Waals surface area contributed by atoms with Gasteiger partial charge < -0.3 is 20.5 Å². The van der Waals surface area contributed by atoms with E-state index in [2.05, 4.69) is 42.2 Å². The van der Waals surface area contributed by atoms with Crippen LogP contribution in [0.1, 0.15) is 12.6 Å². The summed E-state index contributed by atoms with van der Waals surface area (Å²) in [6.45, 7) is 0. The lowest BCUT2D eigenvalue weighted by molar-refractivity contribution is -0.274. The Labute approximate surface area is 203 Å². The van der Waals surface area contributed by atoms with Gasteiger partial charge in [-0.15, -0.1) is 0 Å². The fraction of sp³-hybridized carbons (Fsp3) is 0.0833. The molecule has 0 radical (unpaired) electrons. The average Bonchev–Trinajstić information content (AvgIpc) is 3.29. The smallest absolute Gasteiger partial charge is 0.860 e. The van der Waals surface area contributed by atoms with Gasteiger partial charge >= 0.3 is 7.40 Å². The summed E-state index contributed by atoms with van der Waals surface area (Å²) in [5.41, 5.74) is 3.75. The van der Waals surface area contributed by atoms with E-state index in [4.69, 9.17) is 5.11 Å². The number of carboxylic acid groups (broad SMARTS) is 1. The molecule has 8 heteroatoms. The van der Waals surface area contributed by atoms with Crippen LogP contribution in [0.4, 0.5) is 5.69 Å². The number of aliphatic carboxylic acids is 1. The summed E-state index contributed by atoms with van der Waals surface area (Å²) >= 11 is 6.67. The lowest BCUT2D eigenvalue weighted by atomic mass is 10.2. The van der Waals surface area contributed by atoms with E-state index in [9.17, 15) is 14.7 Å². The summed E-state index contributed by atoms with van der Waals surface area (Å²) in [4.78, 5) is 23.8. The van der Waals surface area contributed by atoms with E-state index in [1.807, 2.05) is 54.6 Å². The molecule has 32 heavy (non-hydrogen) atoms. The molecule has 6 nitrogen and oxygen atoms in total. The monoisotopic (exact) mass is 558 g/mol. The summed E-state index contributed by atoms with van der Waals surface area (Å²) in [5.74, 6) is -0.748. The van der Waals surface area contributed by atoms with Crippen LogP contribution in [0, 0.1) is 0 Å². The number of anilines is 1. The average molecular weight is 560 g/mol. The highest BCUT2D eigenvalue weighted by atomic mass is 79.9. The maximum atomic E-state index is 10.9. The first-order chi connectivity index (χ1) is 15.3. The van der Waals surface area contributed by atoms with Gasteiger partial charge in [-0.05, 0) is 64.9 Å². The SMILES string of the molecule is O=C(O)Cc1ccccc1.O=C1Cc2cc(Br)ccc2N1.[H+].[O-]c1cc2cc(Br)ccc2[nH]1. The van der Waals surface area contributed by atoms with E-state index in [1.165, 1.54) is 0 Å². The number of carbonyl (C=O) groups excluding carboxylic acids is 1. The van der Waals surface area contributed by atoms with Gasteiger partial charge in [0, 0.05) is 20.1 Å². The number of carbonyl (C=O) groups is 2. The van der Waals surface area contributed by atoms with Crippen molar-refractivity contribution in [3.63, 3.8) is 0 Å². The summed E-state index contributed by atoms with van der Waals surface area (Å²) in [7, 11) is 0. The first-order valence-electron chi connectivity index (χ1n) is 9.59. The molecular weight excluding hydrogens is 540 g/mol. The minimum Gasteiger partial charge on any atom is -0.860 e. The van der Waals surface area contributed by atoms with Crippen LogP contribution in [0.5, 0.6) is 5.88 Å². The van der Waals surface area contributed by atoms with Gasteiger partial charge in [-0.1, -0.05) is 62.2 Å². The van der Waals surface area contributed by atoms with Gasteiger partial charge in [-0.2, -0.15) is 0 Å². The van der Waals surface area contributed by atoms with Crippen molar-refractivity contribution in [1.29, 1.82) is 0 Å². The summed E-state index contributed by atoms with van der Waals surface area (Å²) in [6, 6.07) is 22.2. The standard InChI is InChI=1S/2C8H6BrNO.C8H8O2/c2*9-6-1-2-7-5(3-6)4-8(11)10-7;9-8(10)6-7-4-2-1-3-5-7/h1-3H,4H2,(H,10,11);1-4,10-11H;1-5H,6H2,(H,9,10). The number of benzene rings is 3. The molecule has 1 amide bonds. The second-order valence-electron chi connectivity index (χ2n) is 6.95. The first kappa shape index (κ1) is 23.6. The zero-order chi connectivity index (χ0) is 23.1. The molecule has 0 unspecified atom stereocenters. The van der Waals surface area contributed by atoms with E-state index >= 15 is 0 Å². The van der Waals surface area contributed by atoms with Crippen molar-refractivity contribution in [3.05, 3.63) is 92.9 Å². The quantitative estimate of drug-likeness (QED) is 0.307. The number of hydrogen-bond acceptors (Lipinski definition) is 3. The van der Waals surface area contributed by atoms with E-state index in [0.717, 1.165) is 36.7 Å². The molecule has 164 valence electrons. The lowest BCUT2D eigenvalue weighted by Gasteiger charge is -1.96. The third kappa shape index (κ3) is 6.96. The van der Waals surface area contributed by atoms with Crippen molar-refractivity contribution in [3.8, 4) is 5.88 Å². The minimum absolute atomic E-state index is 0. The number of halogens is 2. The van der Waals surface area contributed by atoms with Gasteiger partial charge in [0.2, 0.25) is 5.91 Å². The molecule has 0 saturated heterocycles. The topological polar surface area (TPSA) is 105 Å². The van der Waals surface area contributed by atoms with Gasteiger partial charge in [0.1, 0.15) is 0 Å². The second kappa shape index (κ2) is 11.0. The molecule has 1 aromatic heterocycles. The molecule has 5 rings (SSSR count). The number of nitrogens with one attached hydrogen (secondary N) is 2.